The molecule has 2 N–H and O–H groups in total. The molecule has 0 aromatic heterocycles. The fraction of sp³-hybridized carbons (Fsp3) is 0.130. The van der Waals surface area contributed by atoms with E-state index in [0.29, 0.717) is 17.8 Å². The predicted molar refractivity (Wildman–Crippen MR) is 108 cm³/mol. The maximum Gasteiger partial charge on any atom is 0.248 e. The zero-order valence-electron chi connectivity index (χ0n) is 15.3. The van der Waals surface area contributed by atoms with Gasteiger partial charge in [-0.15, -0.1) is 0 Å². The van der Waals surface area contributed by atoms with E-state index in [4.69, 9.17) is 0 Å². The summed E-state index contributed by atoms with van der Waals surface area (Å²) in [5.41, 5.74) is 2.97. The Morgan fingerprint density at radius 2 is 1.15 bits per heavy atom. The molecule has 27 heavy (non-hydrogen) atoms. The molecule has 134 valence electrons. The smallest absolute Gasteiger partial charge is 0.248 e. The number of carbonyl (C=O) groups excluding carboxylic acids is 2. The van der Waals surface area contributed by atoms with E-state index in [-0.39, 0.29) is 11.8 Å². The van der Waals surface area contributed by atoms with E-state index < -0.39 is 0 Å². The number of carbonyl (C=O) groups is 2. The van der Waals surface area contributed by atoms with E-state index in [1.54, 1.807) is 36.5 Å². The monoisotopic (exact) mass is 356 g/mol. The van der Waals surface area contributed by atoms with Gasteiger partial charge in [-0.2, -0.15) is 0 Å². The van der Waals surface area contributed by atoms with Gasteiger partial charge in [0.1, 0.15) is 0 Å². The Kier molecular flexibility index (Phi) is 7.45. The topological polar surface area (TPSA) is 58.2 Å². The van der Waals surface area contributed by atoms with Gasteiger partial charge in [0.15, 0.2) is 0 Å². The Morgan fingerprint density at radius 3 is 1.59 bits per heavy atom. The van der Waals surface area contributed by atoms with E-state index in [1.807, 2.05) is 26.0 Å². The van der Waals surface area contributed by atoms with Gasteiger partial charge in [0, 0.05) is 30.0 Å². The van der Waals surface area contributed by atoms with Crippen LogP contribution in [0.25, 0.3) is 0 Å². The zero-order valence-corrected chi connectivity index (χ0v) is 15.3. The largest absolute Gasteiger partial charge is 0.326 e. The molecule has 4 nitrogen and oxygen atoms in total. The van der Waals surface area contributed by atoms with E-state index >= 15 is 0 Å². The fourth-order valence-electron chi connectivity index (χ4n) is 2.14. The highest BCUT2D eigenvalue weighted by Crippen LogP contribution is 2.10. The standard InChI is InChI=1S/C23H20N2O2/c1-18-9-3-4-10-19(2)12-8-16-23(27)25-21-14-6-5-13-20(17-21)24-22(26)15-7-11-18/h5-8,11-16H,17H2,1-2H3,(H,24,26)(H,25,27). The van der Waals surface area contributed by atoms with Gasteiger partial charge >= 0.3 is 0 Å². The lowest BCUT2D eigenvalue weighted by Gasteiger charge is -2.10. The molecule has 0 spiro atoms. The van der Waals surface area contributed by atoms with Crippen LogP contribution in [0.15, 0.2) is 83.3 Å². The molecule has 0 saturated heterocycles. The highest BCUT2D eigenvalue weighted by molar-refractivity contribution is 5.90. The molecule has 0 saturated carbocycles. The molecular formula is C23H20N2O2. The molecule has 1 aliphatic heterocycles. The van der Waals surface area contributed by atoms with Gasteiger partial charge in [0.25, 0.3) is 0 Å². The van der Waals surface area contributed by atoms with Crippen molar-refractivity contribution in [1.29, 1.82) is 0 Å². The zero-order chi connectivity index (χ0) is 19.5. The first-order valence-electron chi connectivity index (χ1n) is 8.43. The molecule has 0 atom stereocenters. The number of nitrogens with one attached hydrogen (secondary N) is 2. The van der Waals surface area contributed by atoms with Crippen molar-refractivity contribution < 1.29 is 9.59 Å². The summed E-state index contributed by atoms with van der Waals surface area (Å²) in [4.78, 5) is 24.1. The summed E-state index contributed by atoms with van der Waals surface area (Å²) >= 11 is 0. The summed E-state index contributed by atoms with van der Waals surface area (Å²) in [6, 6.07) is 0. The van der Waals surface area contributed by atoms with Gasteiger partial charge in [-0.3, -0.25) is 9.59 Å². The van der Waals surface area contributed by atoms with Crippen LogP contribution in [0.4, 0.5) is 0 Å². The van der Waals surface area contributed by atoms with Crippen molar-refractivity contribution in [1.82, 2.24) is 10.6 Å². The summed E-state index contributed by atoms with van der Waals surface area (Å²) < 4.78 is 0. The van der Waals surface area contributed by atoms with Gasteiger partial charge < -0.3 is 10.6 Å². The maximum atomic E-state index is 12.1. The Bertz CT molecular complexity index is 881. The third-order valence-corrected chi connectivity index (χ3v) is 3.42. The van der Waals surface area contributed by atoms with E-state index in [2.05, 4.69) is 34.3 Å². The van der Waals surface area contributed by atoms with Crippen molar-refractivity contribution in [2.24, 2.45) is 0 Å². The van der Waals surface area contributed by atoms with Crippen molar-refractivity contribution in [2.45, 2.75) is 20.3 Å². The fourth-order valence-corrected chi connectivity index (χ4v) is 2.14. The lowest BCUT2D eigenvalue weighted by Crippen LogP contribution is -2.25. The van der Waals surface area contributed by atoms with Gasteiger partial charge in [-0.1, -0.05) is 48.3 Å². The summed E-state index contributed by atoms with van der Waals surface area (Å²) in [5, 5.41) is 5.63. The summed E-state index contributed by atoms with van der Waals surface area (Å²) in [6.45, 7) is 3.69. The lowest BCUT2D eigenvalue weighted by atomic mass is 10.2. The molecule has 0 fully saturated rings. The third kappa shape index (κ3) is 7.77. The quantitative estimate of drug-likeness (QED) is 0.656. The number of hydrogen-bond acceptors (Lipinski definition) is 2. The molecule has 2 rings (SSSR count). The van der Waals surface area contributed by atoms with Crippen LogP contribution in [0.1, 0.15) is 20.3 Å². The van der Waals surface area contributed by atoms with Crippen molar-refractivity contribution in [3.8, 4) is 23.7 Å². The SMILES string of the molecule is C/C1=C/C=C/C(=O)NC2=CC=CC=C(C2)NC(=O)/C=C/C=C(/C)C#CC#C1. The molecular weight excluding hydrogens is 336 g/mol. The third-order valence-electron chi connectivity index (χ3n) is 3.42. The molecule has 1 aliphatic carbocycles. The predicted octanol–water partition coefficient (Wildman–Crippen LogP) is 2.97. The molecule has 2 aliphatic rings. The molecule has 2 bridgehead atoms. The van der Waals surface area contributed by atoms with E-state index in [0.717, 1.165) is 11.1 Å². The maximum absolute atomic E-state index is 12.1. The van der Waals surface area contributed by atoms with Crippen LogP contribution in [0, 0.1) is 23.7 Å². The van der Waals surface area contributed by atoms with E-state index in [1.165, 1.54) is 12.2 Å². The molecule has 1 heterocycles. The van der Waals surface area contributed by atoms with Gasteiger partial charge in [0.05, 0.1) is 0 Å². The van der Waals surface area contributed by atoms with Gasteiger partial charge in [-0.05, 0) is 49.0 Å². The first-order chi connectivity index (χ1) is 13.0. The Morgan fingerprint density at radius 1 is 0.704 bits per heavy atom. The molecule has 2 amide bonds. The molecule has 0 aromatic rings. The van der Waals surface area contributed by atoms with Crippen LogP contribution in [-0.4, -0.2) is 11.8 Å². The average Bonchev–Trinajstić information content (AvgIpc) is 2.83. The number of fused-ring (bicyclic) bond motifs is 2. The molecule has 0 aromatic carbocycles. The molecule has 0 radical (unpaired) electrons. The first-order valence-corrected chi connectivity index (χ1v) is 8.43. The van der Waals surface area contributed by atoms with Crippen LogP contribution in [0.2, 0.25) is 0 Å². The Labute approximate surface area is 159 Å². The second-order valence-electron chi connectivity index (χ2n) is 5.84. The van der Waals surface area contributed by atoms with Gasteiger partial charge in [-0.25, -0.2) is 0 Å². The Hall–Kier alpha value is -3.76. The number of hydrogen-bond donors (Lipinski definition) is 2. The second-order valence-corrected chi connectivity index (χ2v) is 5.84. The van der Waals surface area contributed by atoms with Crippen LogP contribution in [0.3, 0.4) is 0 Å². The number of allylic oxidation sites excluding steroid dienone is 10. The summed E-state index contributed by atoms with van der Waals surface area (Å²) in [5.74, 6) is 10.8. The normalized spacial score (nSPS) is 23.8. The average molecular weight is 356 g/mol. The molecule has 0 unspecified atom stereocenters. The van der Waals surface area contributed by atoms with Crippen molar-refractivity contribution >= 4 is 11.8 Å². The first kappa shape index (κ1) is 19.6. The molecule has 4 heteroatoms. The number of rotatable bonds is 0. The number of amides is 2. The highest BCUT2D eigenvalue weighted by atomic mass is 16.2. The van der Waals surface area contributed by atoms with Crippen molar-refractivity contribution in [3.63, 3.8) is 0 Å². The van der Waals surface area contributed by atoms with Crippen LogP contribution in [0.5, 0.6) is 0 Å². The summed E-state index contributed by atoms with van der Waals surface area (Å²) in [6.07, 6.45) is 17.3. The van der Waals surface area contributed by atoms with Gasteiger partial charge in [0.2, 0.25) is 11.8 Å². The Balaban J connectivity index is 2.30. The van der Waals surface area contributed by atoms with E-state index in [9.17, 15) is 9.59 Å². The minimum atomic E-state index is -0.253. The lowest BCUT2D eigenvalue weighted by molar-refractivity contribution is -0.116. The van der Waals surface area contributed by atoms with Crippen molar-refractivity contribution in [2.75, 3.05) is 0 Å². The van der Waals surface area contributed by atoms with Crippen LogP contribution < -0.4 is 10.6 Å². The second kappa shape index (κ2) is 10.3. The van der Waals surface area contributed by atoms with Crippen LogP contribution in [-0.2, 0) is 9.59 Å². The van der Waals surface area contributed by atoms with Crippen molar-refractivity contribution in [3.05, 3.63) is 83.3 Å². The van der Waals surface area contributed by atoms with Crippen LogP contribution >= 0.6 is 0 Å². The highest BCUT2D eigenvalue weighted by Gasteiger charge is 2.08. The minimum Gasteiger partial charge on any atom is -0.326 e. The summed E-state index contributed by atoms with van der Waals surface area (Å²) in [7, 11) is 0. The minimum absolute atomic E-state index is 0.253.